The van der Waals surface area contributed by atoms with Gasteiger partial charge in [0.2, 0.25) is 10.0 Å². The molecular formula is C20H24FN3O6S. The minimum Gasteiger partial charge on any atom is -0.465 e. The second-order valence-electron chi connectivity index (χ2n) is 6.94. The predicted octanol–water partition coefficient (Wildman–Crippen LogP) is 2.08. The smallest absolute Gasteiger partial charge is 0.339 e. The highest BCUT2D eigenvalue weighted by atomic mass is 32.2. The van der Waals surface area contributed by atoms with Crippen LogP contribution in [0.3, 0.4) is 0 Å². The van der Waals surface area contributed by atoms with E-state index in [9.17, 15) is 22.4 Å². The van der Waals surface area contributed by atoms with Crippen LogP contribution in [-0.2, 0) is 25.9 Å². The van der Waals surface area contributed by atoms with Gasteiger partial charge in [-0.05, 0) is 37.1 Å². The number of ether oxygens (including phenoxy) is 2. The number of carbonyl (C=O) groups is 2. The zero-order valence-corrected chi connectivity index (χ0v) is 18.3. The summed E-state index contributed by atoms with van der Waals surface area (Å²) in [4.78, 5) is 27.3. The molecule has 1 amide bonds. The highest BCUT2D eigenvalue weighted by molar-refractivity contribution is 7.89. The van der Waals surface area contributed by atoms with Gasteiger partial charge in [-0.15, -0.1) is 0 Å². The van der Waals surface area contributed by atoms with Gasteiger partial charge in [0.25, 0.3) is 5.91 Å². The third kappa shape index (κ3) is 4.48. The Morgan fingerprint density at radius 3 is 2.58 bits per heavy atom. The fourth-order valence-electron chi connectivity index (χ4n) is 3.43. The number of aromatic nitrogens is 1. The van der Waals surface area contributed by atoms with Gasteiger partial charge in [-0.3, -0.25) is 4.79 Å². The lowest BCUT2D eigenvalue weighted by Crippen LogP contribution is -2.40. The summed E-state index contributed by atoms with van der Waals surface area (Å²) in [6.07, 6.45) is 0.469. The van der Waals surface area contributed by atoms with Crippen LogP contribution in [0.5, 0.6) is 0 Å². The average molecular weight is 453 g/mol. The molecule has 3 rings (SSSR count). The van der Waals surface area contributed by atoms with E-state index in [1.165, 1.54) is 13.2 Å². The number of H-pyrrole nitrogens is 1. The van der Waals surface area contributed by atoms with E-state index >= 15 is 0 Å². The summed E-state index contributed by atoms with van der Waals surface area (Å²) in [7, 11) is -2.83. The Kier molecular flexibility index (Phi) is 6.77. The molecule has 9 nitrogen and oxygen atoms in total. The van der Waals surface area contributed by atoms with Crippen molar-refractivity contribution in [2.24, 2.45) is 0 Å². The molecule has 0 aliphatic carbocycles. The maximum Gasteiger partial charge on any atom is 0.339 e. The molecule has 0 saturated carbocycles. The number of sulfonamides is 1. The summed E-state index contributed by atoms with van der Waals surface area (Å²) in [5.74, 6) is -2.07. The highest BCUT2D eigenvalue weighted by Gasteiger charge is 2.30. The van der Waals surface area contributed by atoms with Crippen molar-refractivity contribution in [1.29, 1.82) is 0 Å². The van der Waals surface area contributed by atoms with Crippen LogP contribution < -0.4 is 5.32 Å². The number of benzene rings is 1. The van der Waals surface area contributed by atoms with Gasteiger partial charge in [0.15, 0.2) is 0 Å². The van der Waals surface area contributed by atoms with Crippen LogP contribution in [-0.4, -0.2) is 63.0 Å². The third-order valence-electron chi connectivity index (χ3n) is 5.07. The van der Waals surface area contributed by atoms with Gasteiger partial charge in [0, 0.05) is 24.5 Å². The fraction of sp³-hybridized carbons (Fsp3) is 0.400. The van der Waals surface area contributed by atoms with Crippen LogP contribution in [0.2, 0.25) is 0 Å². The van der Waals surface area contributed by atoms with Gasteiger partial charge in [-0.1, -0.05) is 6.92 Å². The minimum absolute atomic E-state index is 0.102. The Morgan fingerprint density at radius 1 is 1.29 bits per heavy atom. The van der Waals surface area contributed by atoms with Crippen LogP contribution in [0.1, 0.15) is 39.0 Å². The zero-order chi connectivity index (χ0) is 22.8. The van der Waals surface area contributed by atoms with Gasteiger partial charge in [-0.25, -0.2) is 17.6 Å². The maximum atomic E-state index is 14.4. The number of morpholine rings is 1. The van der Waals surface area contributed by atoms with Crippen LogP contribution in [0.15, 0.2) is 23.1 Å². The number of nitrogens with zero attached hydrogens (tertiary/aromatic N) is 1. The van der Waals surface area contributed by atoms with Gasteiger partial charge in [0.1, 0.15) is 16.4 Å². The van der Waals surface area contributed by atoms with Crippen LogP contribution in [0.4, 0.5) is 10.1 Å². The molecule has 1 aliphatic rings. The summed E-state index contributed by atoms with van der Waals surface area (Å²) < 4.78 is 51.1. The summed E-state index contributed by atoms with van der Waals surface area (Å²) in [5.41, 5.74) is 1.47. The van der Waals surface area contributed by atoms with E-state index in [1.54, 1.807) is 6.92 Å². The molecule has 0 unspecified atom stereocenters. The Morgan fingerprint density at radius 2 is 1.97 bits per heavy atom. The molecule has 1 aliphatic heterocycles. The van der Waals surface area contributed by atoms with Gasteiger partial charge >= 0.3 is 5.97 Å². The molecule has 0 spiro atoms. The lowest BCUT2D eigenvalue weighted by Gasteiger charge is -2.26. The number of rotatable bonds is 6. The molecule has 0 bridgehead atoms. The van der Waals surface area contributed by atoms with Gasteiger partial charge in [-0.2, -0.15) is 4.31 Å². The van der Waals surface area contributed by atoms with Crippen molar-refractivity contribution in [2.75, 3.05) is 38.7 Å². The first-order valence-electron chi connectivity index (χ1n) is 9.69. The van der Waals surface area contributed by atoms with Crippen LogP contribution >= 0.6 is 0 Å². The third-order valence-corrected chi connectivity index (χ3v) is 6.99. The molecule has 31 heavy (non-hydrogen) atoms. The van der Waals surface area contributed by atoms with Crippen molar-refractivity contribution in [3.63, 3.8) is 0 Å². The van der Waals surface area contributed by atoms with E-state index in [0.717, 1.165) is 16.4 Å². The number of methoxy groups -OCH3 is 1. The predicted molar refractivity (Wildman–Crippen MR) is 110 cm³/mol. The topological polar surface area (TPSA) is 118 Å². The first-order chi connectivity index (χ1) is 14.7. The molecule has 1 saturated heterocycles. The quantitative estimate of drug-likeness (QED) is 0.647. The largest absolute Gasteiger partial charge is 0.465 e. The Bertz CT molecular complexity index is 1110. The van der Waals surface area contributed by atoms with E-state index in [0.29, 0.717) is 17.7 Å². The first-order valence-corrected chi connectivity index (χ1v) is 11.1. The molecule has 0 atom stereocenters. The van der Waals surface area contributed by atoms with E-state index in [4.69, 9.17) is 9.47 Å². The minimum atomic E-state index is -4.09. The molecule has 0 radical (unpaired) electrons. The number of hydrogen-bond acceptors (Lipinski definition) is 6. The molecule has 1 aromatic carbocycles. The maximum absolute atomic E-state index is 14.4. The van der Waals surface area contributed by atoms with E-state index in [2.05, 4.69) is 10.3 Å². The fourth-order valence-corrected chi connectivity index (χ4v) is 4.93. The average Bonchev–Trinajstić information content (AvgIpc) is 3.11. The number of esters is 1. The summed E-state index contributed by atoms with van der Waals surface area (Å²) in [6, 6.07) is 3.34. The molecule has 1 fully saturated rings. The van der Waals surface area contributed by atoms with Crippen LogP contribution in [0, 0.1) is 12.7 Å². The van der Waals surface area contributed by atoms with Crippen LogP contribution in [0.25, 0.3) is 0 Å². The molecule has 2 heterocycles. The Hall–Kier alpha value is -2.76. The number of halogens is 1. The normalized spacial score (nSPS) is 15.0. The van der Waals surface area contributed by atoms with Crippen molar-refractivity contribution in [3.8, 4) is 0 Å². The monoisotopic (exact) mass is 453 g/mol. The lowest BCUT2D eigenvalue weighted by molar-refractivity contribution is 0.0599. The Labute approximate surface area is 179 Å². The highest BCUT2D eigenvalue weighted by Crippen LogP contribution is 2.25. The molecular weight excluding hydrogens is 429 g/mol. The first kappa shape index (κ1) is 22.9. The number of amides is 1. The number of carbonyl (C=O) groups excluding carboxylic acids is 2. The van der Waals surface area contributed by atoms with E-state index in [1.807, 2.05) is 6.92 Å². The SMILES string of the molecule is CCc1[nH]c(C(=O)Nc2ccc(F)c(S(=O)(=O)N3CCOCC3)c2)c(C)c1C(=O)OC. The lowest BCUT2D eigenvalue weighted by atomic mass is 10.1. The molecule has 2 N–H and O–H groups in total. The van der Waals surface area contributed by atoms with Crippen molar-refractivity contribution in [1.82, 2.24) is 9.29 Å². The van der Waals surface area contributed by atoms with Crippen molar-refractivity contribution >= 4 is 27.6 Å². The molecule has 11 heteroatoms. The summed E-state index contributed by atoms with van der Waals surface area (Å²) in [5, 5.41) is 2.57. The molecule has 2 aromatic rings. The number of nitrogens with one attached hydrogen (secondary N) is 2. The van der Waals surface area contributed by atoms with Crippen molar-refractivity contribution in [2.45, 2.75) is 25.2 Å². The summed E-state index contributed by atoms with van der Waals surface area (Å²) in [6.45, 7) is 4.13. The van der Waals surface area contributed by atoms with E-state index < -0.39 is 32.6 Å². The van der Waals surface area contributed by atoms with Crippen molar-refractivity contribution < 1.29 is 31.9 Å². The number of aromatic amines is 1. The second kappa shape index (κ2) is 9.16. The van der Waals surface area contributed by atoms with Gasteiger partial charge in [0.05, 0.1) is 25.9 Å². The molecule has 1 aromatic heterocycles. The summed E-state index contributed by atoms with van der Waals surface area (Å²) >= 11 is 0. The standard InChI is InChI=1S/C20H24FN3O6S/c1-4-15-17(20(26)29-3)12(2)18(23-15)19(25)22-13-5-6-14(21)16(11-13)31(27,28)24-7-9-30-10-8-24/h5-6,11,23H,4,7-10H2,1-3H3,(H,22,25). The number of anilines is 1. The van der Waals surface area contributed by atoms with Crippen molar-refractivity contribution in [3.05, 3.63) is 46.5 Å². The Balaban J connectivity index is 1.90. The molecule has 168 valence electrons. The second-order valence-corrected chi connectivity index (χ2v) is 8.85. The zero-order valence-electron chi connectivity index (χ0n) is 17.5. The van der Waals surface area contributed by atoms with E-state index in [-0.39, 0.29) is 43.2 Å². The number of aryl methyl sites for hydroxylation is 1. The number of hydrogen-bond donors (Lipinski definition) is 2. The van der Waals surface area contributed by atoms with Gasteiger partial charge < -0.3 is 19.8 Å².